The molecule has 0 aromatic heterocycles. The first-order chi connectivity index (χ1) is 9.22. The van der Waals surface area contributed by atoms with Crippen molar-refractivity contribution in [1.82, 2.24) is 0 Å². The van der Waals surface area contributed by atoms with Crippen LogP contribution < -0.4 is 0 Å². The molecule has 0 aromatic carbocycles. The van der Waals surface area contributed by atoms with Crippen LogP contribution in [0.4, 0.5) is 0 Å². The molecule has 0 heterocycles. The number of hydrogen-bond donors (Lipinski definition) is 1. The molecule has 2 rings (SSSR count). The van der Waals surface area contributed by atoms with E-state index in [1.807, 2.05) is 0 Å². The molecule has 0 aliphatic heterocycles. The first-order valence-electron chi connectivity index (χ1n) is 7.64. The van der Waals surface area contributed by atoms with Crippen LogP contribution in [0.15, 0.2) is 40.7 Å². The minimum absolute atomic E-state index is 0.691. The van der Waals surface area contributed by atoms with E-state index in [0.717, 1.165) is 24.1 Å². The van der Waals surface area contributed by atoms with E-state index in [9.17, 15) is 0 Å². The Morgan fingerprint density at radius 1 is 1.32 bits per heavy atom. The fourth-order valence-electron chi connectivity index (χ4n) is 3.08. The average Bonchev–Trinajstić information content (AvgIpc) is 2.43. The number of nitrogens with one attached hydrogen (secondary N) is 1. The standard InChI is InChI=1S/C18H25N/c1-3-18(19)16-11-7-8-12-17(14(2)13-16)15-9-5-4-6-10-15/h8,11,13,15,19H,3-7,9-10H2,1-2H3. The van der Waals surface area contributed by atoms with Crippen molar-refractivity contribution in [2.45, 2.75) is 58.8 Å². The molecule has 0 saturated heterocycles. The maximum absolute atomic E-state index is 8.04. The van der Waals surface area contributed by atoms with Crippen molar-refractivity contribution in [2.24, 2.45) is 5.92 Å². The fourth-order valence-corrected chi connectivity index (χ4v) is 3.08. The van der Waals surface area contributed by atoms with E-state index in [0.29, 0.717) is 5.92 Å². The first-order valence-corrected chi connectivity index (χ1v) is 7.64. The lowest BCUT2D eigenvalue weighted by Gasteiger charge is -2.24. The largest absolute Gasteiger partial charge is 0.305 e. The highest BCUT2D eigenvalue weighted by Gasteiger charge is 2.19. The van der Waals surface area contributed by atoms with E-state index in [4.69, 9.17) is 5.41 Å². The lowest BCUT2D eigenvalue weighted by atomic mass is 9.80. The Balaban J connectivity index is 2.25. The Labute approximate surface area is 117 Å². The summed E-state index contributed by atoms with van der Waals surface area (Å²) in [5.41, 5.74) is 8.09. The third-order valence-electron chi connectivity index (χ3n) is 4.23. The highest BCUT2D eigenvalue weighted by Crippen LogP contribution is 2.33. The molecule has 19 heavy (non-hydrogen) atoms. The van der Waals surface area contributed by atoms with Crippen molar-refractivity contribution in [1.29, 1.82) is 5.41 Å². The van der Waals surface area contributed by atoms with Gasteiger partial charge in [0, 0.05) is 5.71 Å². The normalized spacial score (nSPS) is 21.1. The van der Waals surface area contributed by atoms with Crippen LogP contribution in [0.3, 0.4) is 0 Å². The summed E-state index contributed by atoms with van der Waals surface area (Å²) < 4.78 is 0. The quantitative estimate of drug-likeness (QED) is 0.519. The van der Waals surface area contributed by atoms with Gasteiger partial charge in [-0.15, -0.1) is 5.73 Å². The van der Waals surface area contributed by atoms with Crippen molar-refractivity contribution in [3.8, 4) is 0 Å². The van der Waals surface area contributed by atoms with Crippen LogP contribution in [0, 0.1) is 11.3 Å². The number of rotatable bonds is 3. The van der Waals surface area contributed by atoms with E-state index in [2.05, 4.69) is 37.8 Å². The maximum Gasteiger partial charge on any atom is 0.0380 e. The second-order valence-electron chi connectivity index (χ2n) is 5.65. The van der Waals surface area contributed by atoms with E-state index in [1.54, 1.807) is 0 Å². The third-order valence-corrected chi connectivity index (χ3v) is 4.23. The second kappa shape index (κ2) is 6.73. The molecule has 0 atom stereocenters. The van der Waals surface area contributed by atoms with Gasteiger partial charge in [0.25, 0.3) is 0 Å². The van der Waals surface area contributed by atoms with Gasteiger partial charge in [-0.25, -0.2) is 0 Å². The maximum atomic E-state index is 8.04. The summed E-state index contributed by atoms with van der Waals surface area (Å²) >= 11 is 0. The highest BCUT2D eigenvalue weighted by molar-refractivity contribution is 6.00. The SMILES string of the molecule is CCC(=N)C1=CCC=C=C(C2CCCCC2)C(C)=C1. The zero-order valence-corrected chi connectivity index (χ0v) is 12.3. The van der Waals surface area contributed by atoms with Crippen LogP contribution in [0.25, 0.3) is 0 Å². The summed E-state index contributed by atoms with van der Waals surface area (Å²) in [5.74, 6) is 0.691. The van der Waals surface area contributed by atoms with E-state index in [1.165, 1.54) is 43.3 Å². The molecule has 2 aliphatic rings. The molecule has 0 bridgehead atoms. The summed E-state index contributed by atoms with van der Waals surface area (Å²) in [6.45, 7) is 4.24. The van der Waals surface area contributed by atoms with Gasteiger partial charge in [-0.1, -0.05) is 32.3 Å². The molecule has 1 nitrogen and oxygen atoms in total. The molecule has 0 spiro atoms. The molecule has 0 unspecified atom stereocenters. The minimum atomic E-state index is 0.691. The first kappa shape index (κ1) is 14.1. The monoisotopic (exact) mass is 255 g/mol. The third kappa shape index (κ3) is 3.58. The zero-order chi connectivity index (χ0) is 13.7. The Kier molecular flexibility index (Phi) is 4.99. The van der Waals surface area contributed by atoms with Gasteiger partial charge >= 0.3 is 0 Å². The molecule has 2 aliphatic carbocycles. The average molecular weight is 255 g/mol. The van der Waals surface area contributed by atoms with Crippen molar-refractivity contribution in [3.63, 3.8) is 0 Å². The van der Waals surface area contributed by atoms with E-state index >= 15 is 0 Å². The molecular formula is C18H25N. The predicted octanol–water partition coefficient (Wildman–Crippen LogP) is 5.35. The summed E-state index contributed by atoms with van der Waals surface area (Å²) in [6, 6.07) is 0. The van der Waals surface area contributed by atoms with Gasteiger partial charge in [-0.3, -0.25) is 0 Å². The molecule has 1 heteroatoms. The van der Waals surface area contributed by atoms with Gasteiger partial charge in [0.1, 0.15) is 0 Å². The van der Waals surface area contributed by atoms with E-state index < -0.39 is 0 Å². The molecule has 0 radical (unpaired) electrons. The van der Waals surface area contributed by atoms with Crippen molar-refractivity contribution < 1.29 is 0 Å². The van der Waals surface area contributed by atoms with Crippen LogP contribution >= 0.6 is 0 Å². The van der Waals surface area contributed by atoms with Gasteiger partial charge in [-0.05, 0) is 67.4 Å². The molecule has 102 valence electrons. The second-order valence-corrected chi connectivity index (χ2v) is 5.65. The zero-order valence-electron chi connectivity index (χ0n) is 12.3. The topological polar surface area (TPSA) is 23.9 Å². The van der Waals surface area contributed by atoms with Crippen molar-refractivity contribution >= 4 is 5.71 Å². The van der Waals surface area contributed by atoms with Crippen LogP contribution in [0.2, 0.25) is 0 Å². The van der Waals surface area contributed by atoms with Gasteiger partial charge in [0.05, 0.1) is 0 Å². The molecule has 1 N–H and O–H groups in total. The molecule has 0 aromatic rings. The van der Waals surface area contributed by atoms with Gasteiger partial charge in [-0.2, -0.15) is 0 Å². The van der Waals surface area contributed by atoms with Crippen LogP contribution in [0.1, 0.15) is 58.8 Å². The van der Waals surface area contributed by atoms with Crippen molar-refractivity contribution in [2.75, 3.05) is 0 Å². The Morgan fingerprint density at radius 2 is 2.05 bits per heavy atom. The molecular weight excluding hydrogens is 230 g/mol. The van der Waals surface area contributed by atoms with Gasteiger partial charge in [0.15, 0.2) is 0 Å². The Morgan fingerprint density at radius 3 is 2.74 bits per heavy atom. The smallest absolute Gasteiger partial charge is 0.0380 e. The van der Waals surface area contributed by atoms with Crippen LogP contribution in [-0.2, 0) is 0 Å². The van der Waals surface area contributed by atoms with Crippen LogP contribution in [0.5, 0.6) is 0 Å². The van der Waals surface area contributed by atoms with Crippen molar-refractivity contribution in [3.05, 3.63) is 40.7 Å². The minimum Gasteiger partial charge on any atom is -0.305 e. The lowest BCUT2D eigenvalue weighted by molar-refractivity contribution is 0.406. The van der Waals surface area contributed by atoms with E-state index in [-0.39, 0.29) is 0 Å². The summed E-state index contributed by atoms with van der Waals surface area (Å²) in [5, 5.41) is 8.04. The summed E-state index contributed by atoms with van der Waals surface area (Å²) in [7, 11) is 0. The molecule has 1 fully saturated rings. The van der Waals surface area contributed by atoms with Gasteiger partial charge in [0.2, 0.25) is 0 Å². The Hall–Kier alpha value is -1.33. The Bertz CT molecular complexity index is 464. The summed E-state index contributed by atoms with van der Waals surface area (Å²) in [6.07, 6.45) is 14.9. The molecule has 0 amide bonds. The highest BCUT2D eigenvalue weighted by atomic mass is 14.4. The van der Waals surface area contributed by atoms with Crippen LogP contribution in [-0.4, -0.2) is 5.71 Å². The molecule has 1 saturated carbocycles. The fraction of sp³-hybridized carbons (Fsp3) is 0.556. The number of allylic oxidation sites excluding steroid dienone is 5. The van der Waals surface area contributed by atoms with Gasteiger partial charge < -0.3 is 5.41 Å². The summed E-state index contributed by atoms with van der Waals surface area (Å²) in [4.78, 5) is 0. The number of hydrogen-bond acceptors (Lipinski definition) is 1. The predicted molar refractivity (Wildman–Crippen MR) is 82.6 cm³/mol. The lowest BCUT2D eigenvalue weighted by Crippen LogP contribution is -2.10.